The Morgan fingerprint density at radius 2 is 2.00 bits per heavy atom. The van der Waals surface area contributed by atoms with Gasteiger partial charge in [0.05, 0.1) is 17.8 Å². The third-order valence-electron chi connectivity index (χ3n) is 3.29. The molecule has 0 saturated heterocycles. The summed E-state index contributed by atoms with van der Waals surface area (Å²) in [6.45, 7) is 2.78. The molecule has 7 heteroatoms. The van der Waals surface area contributed by atoms with E-state index in [0.717, 1.165) is 18.5 Å². The number of hydrogen-bond donors (Lipinski definition) is 1. The molecule has 122 valence electrons. The summed E-state index contributed by atoms with van der Waals surface area (Å²) < 4.78 is 42.0. The van der Waals surface area contributed by atoms with E-state index in [1.165, 1.54) is 0 Å². The minimum atomic E-state index is -4.32. The number of aliphatic hydroxyl groups is 1. The van der Waals surface area contributed by atoms with E-state index < -0.39 is 18.9 Å². The predicted octanol–water partition coefficient (Wildman–Crippen LogP) is 3.12. The lowest BCUT2D eigenvalue weighted by atomic mass is 10.1. The van der Waals surface area contributed by atoms with Crippen molar-refractivity contribution in [2.45, 2.75) is 57.9 Å². The van der Waals surface area contributed by atoms with Crippen molar-refractivity contribution in [3.63, 3.8) is 0 Å². The molecule has 1 aromatic heterocycles. The Hall–Kier alpha value is -1.08. The van der Waals surface area contributed by atoms with Gasteiger partial charge in [-0.05, 0) is 25.3 Å². The predicted molar refractivity (Wildman–Crippen MR) is 73.0 cm³/mol. The van der Waals surface area contributed by atoms with Gasteiger partial charge in [-0.2, -0.15) is 18.3 Å². The van der Waals surface area contributed by atoms with Crippen molar-refractivity contribution in [2.75, 3.05) is 13.2 Å². The molecule has 21 heavy (non-hydrogen) atoms. The van der Waals surface area contributed by atoms with Crippen molar-refractivity contribution in [2.24, 2.45) is 0 Å². The van der Waals surface area contributed by atoms with Crippen molar-refractivity contribution < 1.29 is 23.0 Å². The van der Waals surface area contributed by atoms with Crippen LogP contribution in [0.25, 0.3) is 0 Å². The number of ether oxygens (including phenoxy) is 1. The second-order valence-electron chi connectivity index (χ2n) is 5.07. The Labute approximate surface area is 122 Å². The molecule has 0 aromatic carbocycles. The first-order valence-corrected chi connectivity index (χ1v) is 7.22. The molecule has 0 aliphatic rings. The summed E-state index contributed by atoms with van der Waals surface area (Å²) in [5.74, 6) is 0. The van der Waals surface area contributed by atoms with Crippen molar-refractivity contribution in [1.82, 2.24) is 9.78 Å². The SMILES string of the molecule is CCC(CC)n1ccc(CC(O)CCOCC(F)(F)F)n1. The number of halogens is 3. The number of alkyl halides is 3. The first-order valence-electron chi connectivity index (χ1n) is 7.22. The summed E-state index contributed by atoms with van der Waals surface area (Å²) >= 11 is 0. The molecule has 0 amide bonds. The largest absolute Gasteiger partial charge is 0.411 e. The van der Waals surface area contributed by atoms with Crippen LogP contribution in [0.5, 0.6) is 0 Å². The lowest BCUT2D eigenvalue weighted by Crippen LogP contribution is -2.20. The van der Waals surface area contributed by atoms with Gasteiger partial charge in [-0.3, -0.25) is 4.68 Å². The van der Waals surface area contributed by atoms with Crippen LogP contribution in [0.3, 0.4) is 0 Å². The zero-order valence-electron chi connectivity index (χ0n) is 12.4. The van der Waals surface area contributed by atoms with E-state index in [4.69, 9.17) is 0 Å². The molecular weight excluding hydrogens is 285 g/mol. The molecule has 0 saturated carbocycles. The molecule has 0 spiro atoms. The summed E-state index contributed by atoms with van der Waals surface area (Å²) in [7, 11) is 0. The molecule has 0 aliphatic heterocycles. The second-order valence-corrected chi connectivity index (χ2v) is 5.07. The molecule has 0 bridgehead atoms. The first kappa shape index (κ1) is 18.0. The third kappa shape index (κ3) is 6.95. The highest BCUT2D eigenvalue weighted by molar-refractivity contribution is 5.01. The van der Waals surface area contributed by atoms with Crippen LogP contribution < -0.4 is 0 Å². The van der Waals surface area contributed by atoms with Crippen molar-refractivity contribution in [1.29, 1.82) is 0 Å². The van der Waals surface area contributed by atoms with E-state index in [2.05, 4.69) is 23.7 Å². The molecule has 0 radical (unpaired) electrons. The highest BCUT2D eigenvalue weighted by Crippen LogP contribution is 2.16. The van der Waals surface area contributed by atoms with Crippen LogP contribution in [-0.2, 0) is 11.2 Å². The van der Waals surface area contributed by atoms with Crippen molar-refractivity contribution >= 4 is 0 Å². The number of aliphatic hydroxyl groups excluding tert-OH is 1. The maximum atomic E-state index is 11.9. The van der Waals surface area contributed by atoms with Gasteiger partial charge in [0.2, 0.25) is 0 Å². The topological polar surface area (TPSA) is 47.3 Å². The fourth-order valence-corrected chi connectivity index (χ4v) is 2.10. The number of nitrogens with zero attached hydrogens (tertiary/aromatic N) is 2. The Balaban J connectivity index is 2.33. The zero-order chi connectivity index (χ0) is 15.9. The normalized spacial score (nSPS) is 13.9. The van der Waals surface area contributed by atoms with Crippen LogP contribution in [0, 0.1) is 0 Å². The van der Waals surface area contributed by atoms with E-state index in [-0.39, 0.29) is 13.0 Å². The highest BCUT2D eigenvalue weighted by Gasteiger charge is 2.27. The molecule has 1 unspecified atom stereocenters. The summed E-state index contributed by atoms with van der Waals surface area (Å²) in [6.07, 6.45) is -0.755. The van der Waals surface area contributed by atoms with Crippen LogP contribution in [0.2, 0.25) is 0 Å². The summed E-state index contributed by atoms with van der Waals surface area (Å²) in [6, 6.07) is 2.17. The average Bonchev–Trinajstić information content (AvgIpc) is 2.83. The first-order chi connectivity index (χ1) is 9.85. The maximum Gasteiger partial charge on any atom is 0.411 e. The van der Waals surface area contributed by atoms with E-state index in [0.29, 0.717) is 12.5 Å². The zero-order valence-corrected chi connectivity index (χ0v) is 12.4. The van der Waals surface area contributed by atoms with Gasteiger partial charge in [0.1, 0.15) is 6.61 Å². The summed E-state index contributed by atoms with van der Waals surface area (Å²) in [5.41, 5.74) is 0.741. The number of aromatic nitrogens is 2. The van der Waals surface area contributed by atoms with E-state index in [9.17, 15) is 18.3 Å². The minimum absolute atomic E-state index is 0.117. The van der Waals surface area contributed by atoms with E-state index in [1.807, 2.05) is 16.9 Å². The van der Waals surface area contributed by atoms with Gasteiger partial charge >= 0.3 is 6.18 Å². The molecule has 1 aromatic rings. The fraction of sp³-hybridized carbons (Fsp3) is 0.786. The lowest BCUT2D eigenvalue weighted by molar-refractivity contribution is -0.175. The van der Waals surface area contributed by atoms with E-state index >= 15 is 0 Å². The van der Waals surface area contributed by atoms with Crippen molar-refractivity contribution in [3.05, 3.63) is 18.0 Å². The molecule has 0 aliphatic carbocycles. The molecule has 1 heterocycles. The monoisotopic (exact) mass is 308 g/mol. The second kappa shape index (κ2) is 8.38. The Bertz CT molecular complexity index is 403. The smallest absolute Gasteiger partial charge is 0.393 e. The van der Waals surface area contributed by atoms with Crippen LogP contribution in [0.4, 0.5) is 13.2 Å². The molecule has 4 nitrogen and oxygen atoms in total. The van der Waals surface area contributed by atoms with Crippen LogP contribution in [0.1, 0.15) is 44.8 Å². The average molecular weight is 308 g/mol. The van der Waals surface area contributed by atoms with Gasteiger partial charge in [0.25, 0.3) is 0 Å². The van der Waals surface area contributed by atoms with Crippen LogP contribution in [-0.4, -0.2) is 40.4 Å². The van der Waals surface area contributed by atoms with Crippen LogP contribution >= 0.6 is 0 Å². The van der Waals surface area contributed by atoms with Gasteiger partial charge in [-0.1, -0.05) is 13.8 Å². The molecule has 0 fully saturated rings. The van der Waals surface area contributed by atoms with Crippen molar-refractivity contribution in [3.8, 4) is 0 Å². The van der Waals surface area contributed by atoms with E-state index in [1.54, 1.807) is 0 Å². The third-order valence-corrected chi connectivity index (χ3v) is 3.29. The van der Waals surface area contributed by atoms with Crippen LogP contribution in [0.15, 0.2) is 12.3 Å². The Morgan fingerprint density at radius 3 is 2.57 bits per heavy atom. The Morgan fingerprint density at radius 1 is 1.33 bits per heavy atom. The summed E-state index contributed by atoms with van der Waals surface area (Å²) in [5, 5.41) is 14.2. The summed E-state index contributed by atoms with van der Waals surface area (Å²) in [4.78, 5) is 0. The van der Waals surface area contributed by atoms with Gasteiger partial charge in [0, 0.05) is 19.2 Å². The van der Waals surface area contributed by atoms with Gasteiger partial charge in [-0.15, -0.1) is 0 Å². The van der Waals surface area contributed by atoms with Gasteiger partial charge in [0.15, 0.2) is 0 Å². The standard InChI is InChI=1S/C14H23F3N2O2/c1-3-12(4-2)19-7-5-11(18-19)9-13(20)6-8-21-10-14(15,16)17/h5,7,12-13,20H,3-4,6,8-10H2,1-2H3. The van der Waals surface area contributed by atoms with Gasteiger partial charge < -0.3 is 9.84 Å². The fourth-order valence-electron chi connectivity index (χ4n) is 2.10. The number of hydrogen-bond acceptors (Lipinski definition) is 3. The van der Waals surface area contributed by atoms with Gasteiger partial charge in [-0.25, -0.2) is 0 Å². The molecule has 1 rings (SSSR count). The maximum absolute atomic E-state index is 11.9. The minimum Gasteiger partial charge on any atom is -0.393 e. The highest BCUT2D eigenvalue weighted by atomic mass is 19.4. The molecule has 1 N–H and O–H groups in total. The molecular formula is C14H23F3N2O2. The Kier molecular flexibility index (Phi) is 7.17. The lowest BCUT2D eigenvalue weighted by Gasteiger charge is -2.13. The quantitative estimate of drug-likeness (QED) is 0.713. The number of rotatable bonds is 9. The molecule has 1 atom stereocenters.